The Hall–Kier alpha value is -2.82. The minimum Gasteiger partial charge on any atom is -0.497 e. The Kier molecular flexibility index (Phi) is 4.51. The summed E-state index contributed by atoms with van der Waals surface area (Å²) in [4.78, 5) is 16.8. The van der Waals surface area contributed by atoms with Crippen molar-refractivity contribution in [2.24, 2.45) is 7.05 Å². The topological polar surface area (TPSA) is 56.1 Å². The maximum absolute atomic E-state index is 12.3. The van der Waals surface area contributed by atoms with Crippen LogP contribution in [-0.4, -0.2) is 29.1 Å². The fraction of sp³-hybridized carbons (Fsp3) is 0.263. The number of amides is 1. The molecule has 1 N–H and O–H groups in total. The van der Waals surface area contributed by atoms with Crippen molar-refractivity contribution in [1.29, 1.82) is 0 Å². The second kappa shape index (κ2) is 6.74. The third-order valence-electron chi connectivity index (χ3n) is 4.20. The van der Waals surface area contributed by atoms with Gasteiger partial charge in [0.2, 0.25) is 0 Å². The molecule has 0 bridgehead atoms. The highest BCUT2D eigenvalue weighted by atomic mass is 16.5. The van der Waals surface area contributed by atoms with Crippen molar-refractivity contribution in [1.82, 2.24) is 14.9 Å². The van der Waals surface area contributed by atoms with Crippen LogP contribution in [-0.2, 0) is 13.5 Å². The smallest absolute Gasteiger partial charge is 0.251 e. The summed E-state index contributed by atoms with van der Waals surface area (Å²) in [6.07, 6.45) is 0.758. The zero-order chi connectivity index (χ0) is 17.1. The van der Waals surface area contributed by atoms with Crippen molar-refractivity contribution in [2.75, 3.05) is 13.7 Å². The minimum atomic E-state index is -0.0805. The van der Waals surface area contributed by atoms with Gasteiger partial charge in [-0.15, -0.1) is 0 Å². The zero-order valence-electron chi connectivity index (χ0n) is 14.2. The van der Waals surface area contributed by atoms with E-state index in [2.05, 4.69) is 10.3 Å². The van der Waals surface area contributed by atoms with Crippen molar-refractivity contribution in [3.8, 4) is 5.75 Å². The van der Waals surface area contributed by atoms with E-state index in [9.17, 15) is 4.79 Å². The van der Waals surface area contributed by atoms with Gasteiger partial charge in [-0.25, -0.2) is 4.98 Å². The number of methoxy groups -OCH3 is 1. The number of fused-ring (bicyclic) bond motifs is 1. The van der Waals surface area contributed by atoms with Crippen LogP contribution in [0.25, 0.3) is 11.0 Å². The number of benzene rings is 2. The molecule has 0 spiro atoms. The second-order valence-corrected chi connectivity index (χ2v) is 5.78. The maximum atomic E-state index is 12.3. The molecule has 1 amide bonds. The van der Waals surface area contributed by atoms with Gasteiger partial charge in [0.1, 0.15) is 11.6 Å². The molecule has 3 aromatic rings. The minimum absolute atomic E-state index is 0.0805. The van der Waals surface area contributed by atoms with Crippen molar-refractivity contribution < 1.29 is 9.53 Å². The molecule has 124 valence electrons. The molecule has 0 fully saturated rings. The molecule has 0 unspecified atom stereocenters. The van der Waals surface area contributed by atoms with Gasteiger partial charge in [0.25, 0.3) is 5.91 Å². The first-order valence-electron chi connectivity index (χ1n) is 7.92. The zero-order valence-corrected chi connectivity index (χ0v) is 14.2. The number of nitrogens with one attached hydrogen (secondary N) is 1. The van der Waals surface area contributed by atoms with Gasteiger partial charge in [-0.2, -0.15) is 0 Å². The number of hydrogen-bond acceptors (Lipinski definition) is 3. The summed E-state index contributed by atoms with van der Waals surface area (Å²) >= 11 is 0. The Balaban J connectivity index is 1.64. The van der Waals surface area contributed by atoms with Crippen LogP contribution in [0.3, 0.4) is 0 Å². The summed E-state index contributed by atoms with van der Waals surface area (Å²) in [5.41, 5.74) is 3.63. The van der Waals surface area contributed by atoms with E-state index < -0.39 is 0 Å². The van der Waals surface area contributed by atoms with Crippen molar-refractivity contribution in [3.05, 3.63) is 59.4 Å². The first-order chi connectivity index (χ1) is 11.6. The van der Waals surface area contributed by atoms with Crippen LogP contribution in [0.5, 0.6) is 5.75 Å². The Morgan fingerprint density at radius 3 is 2.88 bits per heavy atom. The second-order valence-electron chi connectivity index (χ2n) is 5.78. The van der Waals surface area contributed by atoms with Gasteiger partial charge in [0, 0.05) is 19.2 Å². The van der Waals surface area contributed by atoms with Gasteiger partial charge >= 0.3 is 0 Å². The molecular weight excluding hydrogens is 302 g/mol. The number of nitrogens with zero attached hydrogens (tertiary/aromatic N) is 2. The van der Waals surface area contributed by atoms with Gasteiger partial charge < -0.3 is 14.6 Å². The lowest BCUT2D eigenvalue weighted by Gasteiger charge is -2.07. The molecule has 24 heavy (non-hydrogen) atoms. The Labute approximate surface area is 141 Å². The Bertz CT molecular complexity index is 883. The summed E-state index contributed by atoms with van der Waals surface area (Å²) in [5.74, 6) is 1.68. The standard InChI is InChI=1S/C19H21N3O2/c1-13-21-17-12-15(7-8-18(17)22(13)2)19(23)20-10-9-14-5-4-6-16(11-14)24-3/h4-8,11-12H,9-10H2,1-3H3,(H,20,23). The molecule has 0 aliphatic carbocycles. The van der Waals surface area contributed by atoms with Crippen LogP contribution in [0.15, 0.2) is 42.5 Å². The predicted molar refractivity (Wildman–Crippen MR) is 94.5 cm³/mol. The number of carbonyl (C=O) groups excluding carboxylic acids is 1. The van der Waals surface area contributed by atoms with E-state index in [1.165, 1.54) is 0 Å². The number of aryl methyl sites for hydroxylation is 2. The quantitative estimate of drug-likeness (QED) is 0.785. The monoisotopic (exact) mass is 323 g/mol. The molecule has 1 aromatic heterocycles. The van der Waals surface area contributed by atoms with Crippen LogP contribution in [0.1, 0.15) is 21.7 Å². The van der Waals surface area contributed by atoms with E-state index in [4.69, 9.17) is 4.74 Å². The van der Waals surface area contributed by atoms with E-state index in [0.717, 1.165) is 34.6 Å². The fourth-order valence-corrected chi connectivity index (χ4v) is 2.71. The van der Waals surface area contributed by atoms with Gasteiger partial charge in [-0.3, -0.25) is 4.79 Å². The number of imidazole rings is 1. The molecule has 1 heterocycles. The van der Waals surface area contributed by atoms with E-state index in [-0.39, 0.29) is 5.91 Å². The molecule has 5 heteroatoms. The fourth-order valence-electron chi connectivity index (χ4n) is 2.71. The molecule has 0 atom stereocenters. The molecular formula is C19H21N3O2. The van der Waals surface area contributed by atoms with Crippen LogP contribution < -0.4 is 10.1 Å². The van der Waals surface area contributed by atoms with Crippen molar-refractivity contribution in [2.45, 2.75) is 13.3 Å². The number of rotatable bonds is 5. The highest BCUT2D eigenvalue weighted by Crippen LogP contribution is 2.16. The lowest BCUT2D eigenvalue weighted by molar-refractivity contribution is 0.0954. The van der Waals surface area contributed by atoms with Gasteiger partial charge in [-0.05, 0) is 49.2 Å². The normalized spacial score (nSPS) is 10.8. The van der Waals surface area contributed by atoms with Crippen LogP contribution in [0.2, 0.25) is 0 Å². The van der Waals surface area contributed by atoms with Gasteiger partial charge in [0.05, 0.1) is 18.1 Å². The van der Waals surface area contributed by atoms with Crippen molar-refractivity contribution >= 4 is 16.9 Å². The van der Waals surface area contributed by atoms with E-state index in [1.54, 1.807) is 7.11 Å². The lowest BCUT2D eigenvalue weighted by Crippen LogP contribution is -2.25. The van der Waals surface area contributed by atoms with E-state index >= 15 is 0 Å². The molecule has 0 aliphatic rings. The summed E-state index contributed by atoms with van der Waals surface area (Å²) in [6, 6.07) is 13.5. The third-order valence-corrected chi connectivity index (χ3v) is 4.20. The lowest BCUT2D eigenvalue weighted by atomic mass is 10.1. The first-order valence-corrected chi connectivity index (χ1v) is 7.92. The SMILES string of the molecule is COc1cccc(CCNC(=O)c2ccc3c(c2)nc(C)n3C)c1. The van der Waals surface area contributed by atoms with Crippen LogP contribution in [0, 0.1) is 6.92 Å². The van der Waals surface area contributed by atoms with Crippen molar-refractivity contribution in [3.63, 3.8) is 0 Å². The summed E-state index contributed by atoms with van der Waals surface area (Å²) < 4.78 is 7.22. The number of aromatic nitrogens is 2. The molecule has 0 radical (unpaired) electrons. The van der Waals surface area contributed by atoms with Gasteiger partial charge in [0.15, 0.2) is 0 Å². The molecule has 5 nitrogen and oxygen atoms in total. The van der Waals surface area contributed by atoms with E-state index in [0.29, 0.717) is 12.1 Å². The Morgan fingerprint density at radius 1 is 1.25 bits per heavy atom. The average Bonchev–Trinajstić information content (AvgIpc) is 2.88. The molecule has 2 aromatic carbocycles. The molecule has 0 saturated carbocycles. The summed E-state index contributed by atoms with van der Waals surface area (Å²) in [5, 5.41) is 2.96. The third kappa shape index (κ3) is 3.25. The summed E-state index contributed by atoms with van der Waals surface area (Å²) in [7, 11) is 3.62. The molecule has 0 aliphatic heterocycles. The molecule has 0 saturated heterocycles. The van der Waals surface area contributed by atoms with Crippen LogP contribution >= 0.6 is 0 Å². The number of carbonyl (C=O) groups is 1. The first kappa shape index (κ1) is 16.1. The highest BCUT2D eigenvalue weighted by Gasteiger charge is 2.09. The highest BCUT2D eigenvalue weighted by molar-refractivity contribution is 5.97. The number of hydrogen-bond donors (Lipinski definition) is 1. The largest absolute Gasteiger partial charge is 0.497 e. The van der Waals surface area contributed by atoms with Gasteiger partial charge in [-0.1, -0.05) is 12.1 Å². The summed E-state index contributed by atoms with van der Waals surface area (Å²) in [6.45, 7) is 2.53. The predicted octanol–water partition coefficient (Wildman–Crippen LogP) is 2.86. The molecule has 3 rings (SSSR count). The average molecular weight is 323 g/mol. The van der Waals surface area contributed by atoms with Crippen LogP contribution in [0.4, 0.5) is 0 Å². The number of ether oxygens (including phenoxy) is 1. The van der Waals surface area contributed by atoms with E-state index in [1.807, 2.05) is 61.0 Å². The Morgan fingerprint density at radius 2 is 2.08 bits per heavy atom. The maximum Gasteiger partial charge on any atom is 0.251 e.